The highest BCUT2D eigenvalue weighted by atomic mass is 35.5. The first kappa shape index (κ1) is 21.4. The van der Waals surface area contributed by atoms with Gasteiger partial charge >= 0.3 is 0 Å². The summed E-state index contributed by atoms with van der Waals surface area (Å²) in [5.41, 5.74) is 2.80. The van der Waals surface area contributed by atoms with Crippen LogP contribution in [-0.2, 0) is 21.3 Å². The van der Waals surface area contributed by atoms with E-state index in [9.17, 15) is 13.2 Å². The number of anilines is 2. The molecule has 2 aromatic carbocycles. The van der Waals surface area contributed by atoms with Crippen molar-refractivity contribution in [2.24, 2.45) is 0 Å². The third-order valence-corrected chi connectivity index (χ3v) is 6.34. The van der Waals surface area contributed by atoms with Gasteiger partial charge in [0.25, 0.3) is 5.91 Å². The summed E-state index contributed by atoms with van der Waals surface area (Å²) in [6.45, 7) is 3.58. The van der Waals surface area contributed by atoms with Crippen LogP contribution in [0.1, 0.15) is 15.9 Å². The van der Waals surface area contributed by atoms with Gasteiger partial charge in [-0.05, 0) is 35.9 Å². The Labute approximate surface area is 176 Å². The number of halogens is 1. The number of benzene rings is 2. The van der Waals surface area contributed by atoms with Crippen LogP contribution in [0.2, 0.25) is 5.02 Å². The van der Waals surface area contributed by atoms with Gasteiger partial charge in [-0.1, -0.05) is 23.7 Å². The smallest absolute Gasteiger partial charge is 0.253 e. The van der Waals surface area contributed by atoms with Crippen LogP contribution < -0.4 is 14.5 Å². The molecule has 1 heterocycles. The molecule has 1 saturated heterocycles. The number of morpholine rings is 1. The highest BCUT2D eigenvalue weighted by molar-refractivity contribution is 7.92. The van der Waals surface area contributed by atoms with E-state index in [2.05, 4.69) is 10.2 Å². The molecule has 3 rings (SSSR count). The minimum absolute atomic E-state index is 0.193. The summed E-state index contributed by atoms with van der Waals surface area (Å²) < 4.78 is 29.8. The second kappa shape index (κ2) is 9.02. The van der Waals surface area contributed by atoms with E-state index in [4.69, 9.17) is 16.3 Å². The number of amides is 1. The molecule has 9 heteroatoms. The molecule has 0 saturated carbocycles. The van der Waals surface area contributed by atoms with Gasteiger partial charge in [0.2, 0.25) is 10.0 Å². The fraction of sp³-hybridized carbons (Fsp3) is 0.350. The summed E-state index contributed by atoms with van der Waals surface area (Å²) in [5, 5.41) is 3.04. The second-order valence-electron chi connectivity index (χ2n) is 6.84. The summed E-state index contributed by atoms with van der Waals surface area (Å²) in [6.07, 6.45) is 1.10. The molecule has 2 aromatic rings. The number of sulfonamides is 1. The molecule has 1 fully saturated rings. The molecular formula is C20H24ClN3O4S. The highest BCUT2D eigenvalue weighted by Crippen LogP contribution is 2.24. The minimum atomic E-state index is -3.40. The van der Waals surface area contributed by atoms with Crippen molar-refractivity contribution < 1.29 is 17.9 Å². The zero-order chi connectivity index (χ0) is 21.0. The van der Waals surface area contributed by atoms with E-state index in [1.807, 2.05) is 24.3 Å². The van der Waals surface area contributed by atoms with E-state index in [1.54, 1.807) is 6.07 Å². The van der Waals surface area contributed by atoms with E-state index >= 15 is 0 Å². The third-order valence-electron chi connectivity index (χ3n) is 4.82. The van der Waals surface area contributed by atoms with Crippen molar-refractivity contribution in [2.45, 2.75) is 6.54 Å². The molecule has 0 aromatic heterocycles. The Morgan fingerprint density at radius 3 is 2.41 bits per heavy atom. The Kier molecular flexibility index (Phi) is 6.66. The fourth-order valence-electron chi connectivity index (χ4n) is 3.00. The molecule has 7 nitrogen and oxygen atoms in total. The molecule has 29 heavy (non-hydrogen) atoms. The Bertz CT molecular complexity index is 974. The van der Waals surface area contributed by atoms with Crippen LogP contribution in [0.5, 0.6) is 0 Å². The Balaban J connectivity index is 1.62. The zero-order valence-corrected chi connectivity index (χ0v) is 18.0. The van der Waals surface area contributed by atoms with E-state index in [0.717, 1.165) is 48.1 Å². The number of rotatable bonds is 6. The van der Waals surface area contributed by atoms with Crippen molar-refractivity contribution in [2.75, 3.05) is 48.8 Å². The van der Waals surface area contributed by atoms with Crippen molar-refractivity contribution in [1.29, 1.82) is 0 Å². The molecule has 0 unspecified atom stereocenters. The highest BCUT2D eigenvalue weighted by Gasteiger charge is 2.16. The van der Waals surface area contributed by atoms with Crippen LogP contribution in [0.4, 0.5) is 11.4 Å². The van der Waals surface area contributed by atoms with Gasteiger partial charge in [0.15, 0.2) is 0 Å². The average molecular weight is 438 g/mol. The van der Waals surface area contributed by atoms with Gasteiger partial charge in [-0.15, -0.1) is 0 Å². The lowest BCUT2D eigenvalue weighted by Crippen LogP contribution is -2.36. The number of ether oxygens (including phenoxy) is 1. The van der Waals surface area contributed by atoms with Gasteiger partial charge in [-0.25, -0.2) is 8.42 Å². The zero-order valence-electron chi connectivity index (χ0n) is 16.4. The standard InChI is InChI=1S/C20H24ClN3O4S/c1-23(29(2,26)27)17-7-8-18(19(21)13-17)20(25)22-14-15-3-5-16(6-4-15)24-9-11-28-12-10-24/h3-8,13H,9-12,14H2,1-2H3,(H,22,25). The summed E-state index contributed by atoms with van der Waals surface area (Å²) >= 11 is 6.21. The molecule has 0 bridgehead atoms. The van der Waals surface area contributed by atoms with Crippen molar-refractivity contribution >= 4 is 38.9 Å². The number of carbonyl (C=O) groups excluding carboxylic acids is 1. The maximum absolute atomic E-state index is 12.5. The van der Waals surface area contributed by atoms with E-state index in [1.165, 1.54) is 19.2 Å². The van der Waals surface area contributed by atoms with Crippen LogP contribution in [0.15, 0.2) is 42.5 Å². The normalized spacial score (nSPS) is 14.5. The summed E-state index contributed by atoms with van der Waals surface area (Å²) in [7, 11) is -1.97. The summed E-state index contributed by atoms with van der Waals surface area (Å²) in [5.74, 6) is -0.319. The first-order valence-electron chi connectivity index (χ1n) is 9.19. The molecule has 1 aliphatic heterocycles. The lowest BCUT2D eigenvalue weighted by atomic mass is 10.1. The maximum Gasteiger partial charge on any atom is 0.253 e. The average Bonchev–Trinajstić information content (AvgIpc) is 2.71. The van der Waals surface area contributed by atoms with E-state index in [0.29, 0.717) is 17.8 Å². The summed E-state index contributed by atoms with van der Waals surface area (Å²) in [6, 6.07) is 12.6. The molecule has 0 aliphatic carbocycles. The predicted octanol–water partition coefficient (Wildman–Crippen LogP) is 2.50. The molecule has 1 amide bonds. The lowest BCUT2D eigenvalue weighted by molar-refractivity contribution is 0.0951. The number of hydrogen-bond acceptors (Lipinski definition) is 5. The first-order chi connectivity index (χ1) is 13.8. The van der Waals surface area contributed by atoms with Gasteiger partial charge < -0.3 is 15.0 Å². The van der Waals surface area contributed by atoms with Gasteiger partial charge in [0.1, 0.15) is 0 Å². The topological polar surface area (TPSA) is 79.0 Å². The Hall–Kier alpha value is -2.29. The number of nitrogens with one attached hydrogen (secondary N) is 1. The van der Waals surface area contributed by atoms with Crippen LogP contribution in [0.3, 0.4) is 0 Å². The Morgan fingerprint density at radius 1 is 1.17 bits per heavy atom. The molecule has 0 atom stereocenters. The largest absolute Gasteiger partial charge is 0.378 e. The monoisotopic (exact) mass is 437 g/mol. The molecule has 1 N–H and O–H groups in total. The molecular weight excluding hydrogens is 414 g/mol. The predicted molar refractivity (Wildman–Crippen MR) is 115 cm³/mol. The summed E-state index contributed by atoms with van der Waals surface area (Å²) in [4.78, 5) is 14.7. The quantitative estimate of drug-likeness (QED) is 0.751. The van der Waals surface area contributed by atoms with Gasteiger partial charge in [0.05, 0.1) is 35.7 Å². The van der Waals surface area contributed by atoms with Crippen molar-refractivity contribution in [1.82, 2.24) is 5.32 Å². The fourth-order valence-corrected chi connectivity index (χ4v) is 3.76. The van der Waals surface area contributed by atoms with Crippen LogP contribution >= 0.6 is 11.6 Å². The van der Waals surface area contributed by atoms with Crippen molar-refractivity contribution in [3.05, 3.63) is 58.6 Å². The van der Waals surface area contributed by atoms with Crippen molar-refractivity contribution in [3.8, 4) is 0 Å². The molecule has 1 aliphatic rings. The van der Waals surface area contributed by atoms with Gasteiger partial charge in [0, 0.05) is 32.4 Å². The van der Waals surface area contributed by atoms with E-state index in [-0.39, 0.29) is 10.9 Å². The number of carbonyl (C=O) groups is 1. The van der Waals surface area contributed by atoms with Crippen LogP contribution in [0, 0.1) is 0 Å². The first-order valence-corrected chi connectivity index (χ1v) is 11.4. The van der Waals surface area contributed by atoms with Crippen LogP contribution in [0.25, 0.3) is 0 Å². The van der Waals surface area contributed by atoms with Gasteiger partial charge in [-0.3, -0.25) is 9.10 Å². The van der Waals surface area contributed by atoms with Crippen molar-refractivity contribution in [3.63, 3.8) is 0 Å². The Morgan fingerprint density at radius 2 is 1.83 bits per heavy atom. The molecule has 156 valence electrons. The number of hydrogen-bond donors (Lipinski definition) is 1. The maximum atomic E-state index is 12.5. The second-order valence-corrected chi connectivity index (χ2v) is 9.26. The van der Waals surface area contributed by atoms with E-state index < -0.39 is 10.0 Å². The molecule has 0 radical (unpaired) electrons. The SMILES string of the molecule is CN(c1ccc(C(=O)NCc2ccc(N3CCOCC3)cc2)c(Cl)c1)S(C)(=O)=O. The number of nitrogens with zero attached hydrogens (tertiary/aromatic N) is 2. The molecule has 0 spiro atoms. The lowest BCUT2D eigenvalue weighted by Gasteiger charge is -2.28. The van der Waals surface area contributed by atoms with Crippen LogP contribution in [-0.4, -0.2) is 53.9 Å². The minimum Gasteiger partial charge on any atom is -0.378 e. The van der Waals surface area contributed by atoms with Gasteiger partial charge in [-0.2, -0.15) is 0 Å². The third kappa shape index (κ3) is 5.41.